The summed E-state index contributed by atoms with van der Waals surface area (Å²) in [7, 11) is 0. The highest BCUT2D eigenvalue weighted by Crippen LogP contribution is 2.26. The molecule has 1 amide bonds. The summed E-state index contributed by atoms with van der Waals surface area (Å²) in [5.41, 5.74) is 0.551. The minimum Gasteiger partial charge on any atom is -0.483 e. The van der Waals surface area contributed by atoms with Crippen molar-refractivity contribution < 1.29 is 19.1 Å². The number of carbonyl (C=O) groups excluding carboxylic acids is 2. The van der Waals surface area contributed by atoms with Crippen LogP contribution in [0.3, 0.4) is 0 Å². The second-order valence-electron chi connectivity index (χ2n) is 6.92. The molecule has 180 valence electrons. The van der Waals surface area contributed by atoms with Crippen LogP contribution in [0.5, 0.6) is 5.75 Å². The third-order valence-electron chi connectivity index (χ3n) is 4.29. The Kier molecular flexibility index (Phi) is 9.49. The maximum absolute atomic E-state index is 12.4. The summed E-state index contributed by atoms with van der Waals surface area (Å²) in [6, 6.07) is 7.11. The second-order valence-corrected chi connectivity index (χ2v) is 9.16. The molecule has 1 N–H and O–H groups in total. The predicted octanol–water partition coefficient (Wildman–Crippen LogP) is 4.55. The fraction of sp³-hybridized carbons (Fsp3) is 0.318. The average molecular weight is 522 g/mol. The Morgan fingerprint density at radius 1 is 1.38 bits per heavy atom. The molecule has 0 saturated carbocycles. The van der Waals surface area contributed by atoms with Gasteiger partial charge >= 0.3 is 5.97 Å². The Hall–Kier alpha value is -2.89. The van der Waals surface area contributed by atoms with Gasteiger partial charge < -0.3 is 14.8 Å². The molecule has 2 aromatic heterocycles. The predicted molar refractivity (Wildman–Crippen MR) is 133 cm³/mol. The van der Waals surface area contributed by atoms with Crippen LogP contribution >= 0.6 is 34.7 Å². The van der Waals surface area contributed by atoms with Crippen molar-refractivity contribution in [2.45, 2.75) is 38.1 Å². The normalized spacial score (nSPS) is 11.6. The minimum atomic E-state index is -0.401. The summed E-state index contributed by atoms with van der Waals surface area (Å²) in [4.78, 5) is 28.3. The summed E-state index contributed by atoms with van der Waals surface area (Å²) in [6.07, 6.45) is 1.39. The first kappa shape index (κ1) is 25.7. The number of aromatic nitrogens is 4. The van der Waals surface area contributed by atoms with Gasteiger partial charge in [0.2, 0.25) is 5.91 Å². The molecule has 2 heterocycles. The Balaban J connectivity index is 1.59. The number of thioether (sulfide) groups is 1. The van der Waals surface area contributed by atoms with Gasteiger partial charge in [-0.3, -0.25) is 14.2 Å². The Labute approximate surface area is 210 Å². The second kappa shape index (κ2) is 12.5. The monoisotopic (exact) mass is 521 g/mol. The molecule has 0 aliphatic carbocycles. The standard InChI is InChI=1S/C22H24ClN5O4S2/c1-4-9-28-20(14(3)32-17-8-6-7-15(23)10-17)26-27-22(28)34-13-18(29)25-21-24-16(12-33-21)11-19(30)31-5-2/h4,6-8,10,12,14H,1,5,9,11,13H2,2-3H3,(H,24,25,29). The van der Waals surface area contributed by atoms with E-state index in [2.05, 4.69) is 27.1 Å². The number of thiazole rings is 1. The van der Waals surface area contributed by atoms with Gasteiger partial charge in [-0.15, -0.1) is 28.1 Å². The van der Waals surface area contributed by atoms with Gasteiger partial charge in [0.1, 0.15) is 5.75 Å². The first-order valence-corrected chi connectivity index (χ1v) is 12.6. The number of esters is 1. The first-order valence-electron chi connectivity index (χ1n) is 10.4. The number of hydrogen-bond acceptors (Lipinski definition) is 9. The van der Waals surface area contributed by atoms with Crippen molar-refractivity contribution in [1.29, 1.82) is 0 Å². The molecular formula is C22H24ClN5O4S2. The fourth-order valence-corrected chi connectivity index (χ4v) is 4.56. The van der Waals surface area contributed by atoms with Gasteiger partial charge in [-0.1, -0.05) is 35.5 Å². The quantitative estimate of drug-likeness (QED) is 0.210. The van der Waals surface area contributed by atoms with E-state index in [1.54, 1.807) is 36.6 Å². The van der Waals surface area contributed by atoms with Crippen LogP contribution in [0.4, 0.5) is 5.13 Å². The topological polar surface area (TPSA) is 108 Å². The van der Waals surface area contributed by atoms with E-state index >= 15 is 0 Å². The van der Waals surface area contributed by atoms with Crippen LogP contribution in [0.2, 0.25) is 5.02 Å². The average Bonchev–Trinajstić information content (AvgIpc) is 3.39. The lowest BCUT2D eigenvalue weighted by Crippen LogP contribution is -2.15. The molecule has 0 saturated heterocycles. The number of allylic oxidation sites excluding steroid dienone is 1. The maximum atomic E-state index is 12.4. The summed E-state index contributed by atoms with van der Waals surface area (Å²) in [5, 5.41) is 14.5. The van der Waals surface area contributed by atoms with Crippen molar-refractivity contribution in [2.24, 2.45) is 0 Å². The summed E-state index contributed by atoms with van der Waals surface area (Å²) in [5.74, 6) is 0.719. The first-order chi connectivity index (χ1) is 16.4. The van der Waals surface area contributed by atoms with E-state index in [0.29, 0.717) is 45.7 Å². The number of nitrogens with zero attached hydrogens (tertiary/aromatic N) is 4. The highest BCUT2D eigenvalue weighted by Gasteiger charge is 2.20. The smallest absolute Gasteiger partial charge is 0.311 e. The van der Waals surface area contributed by atoms with Crippen molar-refractivity contribution in [1.82, 2.24) is 19.7 Å². The van der Waals surface area contributed by atoms with Gasteiger partial charge in [0.25, 0.3) is 0 Å². The van der Waals surface area contributed by atoms with E-state index in [1.165, 1.54) is 23.1 Å². The van der Waals surface area contributed by atoms with Crippen molar-refractivity contribution >= 4 is 51.7 Å². The van der Waals surface area contributed by atoms with Crippen LogP contribution in [0.25, 0.3) is 0 Å². The van der Waals surface area contributed by atoms with E-state index < -0.39 is 6.10 Å². The van der Waals surface area contributed by atoms with E-state index in [-0.39, 0.29) is 24.1 Å². The fourth-order valence-electron chi connectivity index (χ4n) is 2.90. The number of nitrogens with one attached hydrogen (secondary N) is 1. The highest BCUT2D eigenvalue weighted by molar-refractivity contribution is 7.99. The van der Waals surface area contributed by atoms with Crippen molar-refractivity contribution in [3.63, 3.8) is 0 Å². The molecule has 1 atom stereocenters. The van der Waals surface area contributed by atoms with Gasteiger partial charge in [-0.05, 0) is 32.0 Å². The van der Waals surface area contributed by atoms with E-state index in [0.717, 1.165) is 0 Å². The number of carbonyl (C=O) groups is 2. The van der Waals surface area contributed by atoms with E-state index in [1.807, 2.05) is 17.6 Å². The van der Waals surface area contributed by atoms with Gasteiger partial charge in [-0.25, -0.2) is 4.98 Å². The third-order valence-corrected chi connectivity index (χ3v) is 6.30. The van der Waals surface area contributed by atoms with Gasteiger partial charge in [0.05, 0.1) is 24.5 Å². The molecule has 12 heteroatoms. The molecule has 9 nitrogen and oxygen atoms in total. The van der Waals surface area contributed by atoms with E-state index in [9.17, 15) is 9.59 Å². The molecule has 0 spiro atoms. The van der Waals surface area contributed by atoms with Gasteiger partial charge in [-0.2, -0.15) is 0 Å². The largest absolute Gasteiger partial charge is 0.483 e. The number of anilines is 1. The van der Waals surface area contributed by atoms with Crippen LogP contribution < -0.4 is 10.1 Å². The molecule has 0 aliphatic heterocycles. The summed E-state index contributed by atoms with van der Waals surface area (Å²) >= 11 is 8.52. The van der Waals surface area contributed by atoms with Gasteiger partial charge in [0.15, 0.2) is 22.2 Å². The molecule has 0 fully saturated rings. The zero-order valence-corrected chi connectivity index (χ0v) is 21.1. The number of amides is 1. The lowest BCUT2D eigenvalue weighted by Gasteiger charge is -2.15. The van der Waals surface area contributed by atoms with Crippen LogP contribution in [-0.4, -0.2) is 44.0 Å². The van der Waals surface area contributed by atoms with Crippen LogP contribution in [-0.2, 0) is 27.3 Å². The minimum absolute atomic E-state index is 0.0673. The van der Waals surface area contributed by atoms with Crippen LogP contribution in [0.15, 0.2) is 47.5 Å². The summed E-state index contributed by atoms with van der Waals surface area (Å²) in [6.45, 7) is 8.17. The Morgan fingerprint density at radius 3 is 2.94 bits per heavy atom. The van der Waals surface area contributed by atoms with Crippen molar-refractivity contribution in [3.05, 3.63) is 58.8 Å². The molecular weight excluding hydrogens is 498 g/mol. The van der Waals surface area contributed by atoms with Crippen molar-refractivity contribution in [3.8, 4) is 5.75 Å². The Bertz CT molecular complexity index is 1150. The van der Waals surface area contributed by atoms with Crippen LogP contribution in [0, 0.1) is 0 Å². The lowest BCUT2D eigenvalue weighted by atomic mass is 10.3. The van der Waals surface area contributed by atoms with Crippen LogP contribution in [0.1, 0.15) is 31.5 Å². The number of benzene rings is 1. The van der Waals surface area contributed by atoms with Crippen molar-refractivity contribution in [2.75, 3.05) is 17.7 Å². The number of hydrogen-bond donors (Lipinski definition) is 1. The Morgan fingerprint density at radius 2 is 2.21 bits per heavy atom. The van der Waals surface area contributed by atoms with Gasteiger partial charge in [0, 0.05) is 16.9 Å². The highest BCUT2D eigenvalue weighted by atomic mass is 35.5. The lowest BCUT2D eigenvalue weighted by molar-refractivity contribution is -0.142. The number of halogens is 1. The molecule has 3 aromatic rings. The SMILES string of the molecule is C=CCn1c(SCC(=O)Nc2nc(CC(=O)OCC)cs2)nnc1C(C)Oc1cccc(Cl)c1. The molecule has 0 radical (unpaired) electrons. The molecule has 3 rings (SSSR count). The molecule has 34 heavy (non-hydrogen) atoms. The summed E-state index contributed by atoms with van der Waals surface area (Å²) < 4.78 is 12.7. The molecule has 0 aliphatic rings. The zero-order chi connectivity index (χ0) is 24.5. The molecule has 1 unspecified atom stereocenters. The molecule has 0 bridgehead atoms. The maximum Gasteiger partial charge on any atom is 0.311 e. The van der Waals surface area contributed by atoms with E-state index in [4.69, 9.17) is 21.1 Å². The third kappa shape index (κ3) is 7.31. The zero-order valence-electron chi connectivity index (χ0n) is 18.7. The molecule has 1 aromatic carbocycles. The number of rotatable bonds is 12. The number of ether oxygens (including phenoxy) is 2.